The molecule has 0 atom stereocenters. The molecule has 1 heterocycles. The number of aliphatic imine (C=N–C) groups is 1. The average Bonchev–Trinajstić information content (AvgIpc) is 2.91. The van der Waals surface area contributed by atoms with Gasteiger partial charge in [0.05, 0.1) is 5.01 Å². The van der Waals surface area contributed by atoms with Gasteiger partial charge in [-0.1, -0.05) is 0 Å². The summed E-state index contributed by atoms with van der Waals surface area (Å²) < 4.78 is 5.06. The van der Waals surface area contributed by atoms with Gasteiger partial charge in [-0.2, -0.15) is 0 Å². The fraction of sp³-hybridized carbons (Fsp3) is 0.733. The van der Waals surface area contributed by atoms with Crippen molar-refractivity contribution in [1.82, 2.24) is 20.5 Å². The molecule has 0 aliphatic heterocycles. The number of hydrogen-bond acceptors (Lipinski definition) is 5. The number of hydrogen-bond donors (Lipinski definition) is 2. The molecule has 6 nitrogen and oxygen atoms in total. The number of aryl methyl sites for hydroxylation is 1. The lowest BCUT2D eigenvalue weighted by Crippen LogP contribution is -2.41. The lowest BCUT2D eigenvalue weighted by Gasteiger charge is -2.18. The van der Waals surface area contributed by atoms with E-state index in [0.29, 0.717) is 0 Å². The van der Waals surface area contributed by atoms with Crippen LogP contribution in [0.3, 0.4) is 0 Å². The van der Waals surface area contributed by atoms with E-state index >= 15 is 0 Å². The van der Waals surface area contributed by atoms with Crippen molar-refractivity contribution in [2.45, 2.75) is 19.8 Å². The predicted octanol–water partition coefficient (Wildman–Crippen LogP) is 1.75. The number of nitrogens with zero attached hydrogens (tertiary/aromatic N) is 3. The molecule has 0 unspecified atom stereocenters. The van der Waals surface area contributed by atoms with Gasteiger partial charge in [-0.3, -0.25) is 4.99 Å². The SMILES string of the molecule is CN=C(NCCc1ncc(C)s1)NCCN(C)CCCOC.I. The normalized spacial score (nSPS) is 11.4. The molecule has 0 saturated heterocycles. The van der Waals surface area contributed by atoms with Gasteiger partial charge in [-0.15, -0.1) is 35.3 Å². The predicted molar refractivity (Wildman–Crippen MR) is 109 cm³/mol. The van der Waals surface area contributed by atoms with Crippen molar-refractivity contribution in [2.75, 3.05) is 54.0 Å². The monoisotopic (exact) mass is 455 g/mol. The van der Waals surface area contributed by atoms with Crippen LogP contribution in [0.15, 0.2) is 11.2 Å². The van der Waals surface area contributed by atoms with Gasteiger partial charge in [0, 0.05) is 64.4 Å². The highest BCUT2D eigenvalue weighted by atomic mass is 127. The molecule has 23 heavy (non-hydrogen) atoms. The van der Waals surface area contributed by atoms with E-state index in [1.54, 1.807) is 25.5 Å². The van der Waals surface area contributed by atoms with E-state index in [9.17, 15) is 0 Å². The second kappa shape index (κ2) is 13.9. The summed E-state index contributed by atoms with van der Waals surface area (Å²) in [6.07, 6.45) is 3.91. The molecule has 0 radical (unpaired) electrons. The smallest absolute Gasteiger partial charge is 0.191 e. The lowest BCUT2D eigenvalue weighted by molar-refractivity contribution is 0.180. The Morgan fingerprint density at radius 3 is 2.70 bits per heavy atom. The first kappa shape index (κ1) is 22.6. The number of thiazole rings is 1. The molecule has 0 saturated carbocycles. The van der Waals surface area contributed by atoms with Crippen molar-refractivity contribution in [3.05, 3.63) is 16.1 Å². The zero-order valence-corrected chi connectivity index (χ0v) is 17.7. The molecule has 0 amide bonds. The molecule has 0 spiro atoms. The van der Waals surface area contributed by atoms with Crippen LogP contribution in [0.25, 0.3) is 0 Å². The van der Waals surface area contributed by atoms with Gasteiger partial charge in [0.2, 0.25) is 0 Å². The maximum Gasteiger partial charge on any atom is 0.191 e. The molecule has 0 fully saturated rings. The topological polar surface area (TPSA) is 61.8 Å². The maximum absolute atomic E-state index is 5.06. The Labute approximate surface area is 161 Å². The first-order valence-electron chi connectivity index (χ1n) is 7.69. The van der Waals surface area contributed by atoms with Crippen LogP contribution >= 0.6 is 35.3 Å². The van der Waals surface area contributed by atoms with Gasteiger partial charge in [0.15, 0.2) is 5.96 Å². The Balaban J connectivity index is 0.00000484. The van der Waals surface area contributed by atoms with E-state index < -0.39 is 0 Å². The highest BCUT2D eigenvalue weighted by Gasteiger charge is 2.02. The molecule has 134 valence electrons. The molecule has 0 bridgehead atoms. The van der Waals surface area contributed by atoms with Crippen LogP contribution in [0.5, 0.6) is 0 Å². The minimum absolute atomic E-state index is 0. The summed E-state index contributed by atoms with van der Waals surface area (Å²) in [5.41, 5.74) is 0. The van der Waals surface area contributed by atoms with Crippen LogP contribution in [-0.2, 0) is 11.2 Å². The molecule has 1 aromatic rings. The Bertz CT molecular complexity index is 441. The first-order valence-corrected chi connectivity index (χ1v) is 8.50. The number of guanidine groups is 1. The summed E-state index contributed by atoms with van der Waals surface area (Å²) in [7, 11) is 5.66. The zero-order chi connectivity index (χ0) is 16.2. The van der Waals surface area contributed by atoms with Crippen LogP contribution < -0.4 is 10.6 Å². The van der Waals surface area contributed by atoms with Crippen LogP contribution in [0.4, 0.5) is 0 Å². The molecule has 8 heteroatoms. The van der Waals surface area contributed by atoms with Crippen LogP contribution in [0, 0.1) is 6.92 Å². The highest BCUT2D eigenvalue weighted by molar-refractivity contribution is 14.0. The van der Waals surface area contributed by atoms with Crippen molar-refractivity contribution < 1.29 is 4.74 Å². The Kier molecular flexibility index (Phi) is 13.7. The van der Waals surface area contributed by atoms with E-state index in [4.69, 9.17) is 4.74 Å². The van der Waals surface area contributed by atoms with Crippen molar-refractivity contribution >= 4 is 41.3 Å². The van der Waals surface area contributed by atoms with E-state index in [2.05, 4.69) is 39.5 Å². The van der Waals surface area contributed by atoms with Gasteiger partial charge in [0.1, 0.15) is 0 Å². The van der Waals surface area contributed by atoms with Crippen LogP contribution in [0.1, 0.15) is 16.3 Å². The maximum atomic E-state index is 5.06. The average molecular weight is 455 g/mol. The van der Waals surface area contributed by atoms with Crippen molar-refractivity contribution in [3.8, 4) is 0 Å². The van der Waals surface area contributed by atoms with Crippen LogP contribution in [-0.4, -0.2) is 69.8 Å². The molecule has 1 aromatic heterocycles. The van der Waals surface area contributed by atoms with Gasteiger partial charge < -0.3 is 20.3 Å². The minimum Gasteiger partial charge on any atom is -0.385 e. The molecule has 1 rings (SSSR count). The largest absolute Gasteiger partial charge is 0.385 e. The summed E-state index contributed by atoms with van der Waals surface area (Å²) in [6.45, 7) is 6.65. The van der Waals surface area contributed by atoms with Gasteiger partial charge in [0.25, 0.3) is 0 Å². The zero-order valence-electron chi connectivity index (χ0n) is 14.6. The van der Waals surface area contributed by atoms with Gasteiger partial charge >= 0.3 is 0 Å². The summed E-state index contributed by atoms with van der Waals surface area (Å²) >= 11 is 1.75. The standard InChI is InChI=1S/C15H29N5OS.HI/c1-13-12-19-14(22-13)6-7-17-15(16-2)18-8-10-20(3)9-5-11-21-4;/h12H,5-11H2,1-4H3,(H2,16,17,18);1H. The Hall–Kier alpha value is -0.450. The number of aromatic nitrogens is 1. The highest BCUT2D eigenvalue weighted by Crippen LogP contribution is 2.10. The fourth-order valence-corrected chi connectivity index (χ4v) is 2.77. The Morgan fingerprint density at radius 1 is 1.35 bits per heavy atom. The third-order valence-electron chi connectivity index (χ3n) is 3.20. The molecular weight excluding hydrogens is 425 g/mol. The van der Waals surface area contributed by atoms with Crippen LogP contribution in [0.2, 0.25) is 0 Å². The van der Waals surface area contributed by atoms with Crippen molar-refractivity contribution in [3.63, 3.8) is 0 Å². The second-order valence-electron chi connectivity index (χ2n) is 5.19. The Morgan fingerprint density at radius 2 is 2.09 bits per heavy atom. The number of ether oxygens (including phenoxy) is 1. The van der Waals surface area contributed by atoms with Crippen molar-refractivity contribution in [1.29, 1.82) is 0 Å². The minimum atomic E-state index is 0. The van der Waals surface area contributed by atoms with Gasteiger partial charge in [-0.05, 0) is 20.4 Å². The molecule has 0 aliphatic rings. The summed E-state index contributed by atoms with van der Waals surface area (Å²) in [5, 5.41) is 7.82. The van der Waals surface area contributed by atoms with E-state index in [1.165, 1.54) is 9.88 Å². The summed E-state index contributed by atoms with van der Waals surface area (Å²) in [6, 6.07) is 0. The second-order valence-corrected chi connectivity index (χ2v) is 6.51. The molecular formula is C15H30IN5OS. The quantitative estimate of drug-likeness (QED) is 0.244. The summed E-state index contributed by atoms with van der Waals surface area (Å²) in [5.74, 6) is 0.846. The molecule has 2 N–H and O–H groups in total. The third kappa shape index (κ3) is 10.9. The number of methoxy groups -OCH3 is 1. The lowest BCUT2D eigenvalue weighted by atomic mass is 10.4. The number of halogens is 1. The van der Waals surface area contributed by atoms with Crippen molar-refractivity contribution in [2.24, 2.45) is 4.99 Å². The number of likely N-dealkylation sites (N-methyl/N-ethyl adjacent to an activating group) is 1. The van der Waals surface area contributed by atoms with E-state index in [1.807, 2.05) is 6.20 Å². The third-order valence-corrected chi connectivity index (χ3v) is 4.17. The molecule has 0 aromatic carbocycles. The first-order chi connectivity index (χ1) is 10.7. The summed E-state index contributed by atoms with van der Waals surface area (Å²) in [4.78, 5) is 12.1. The van der Waals surface area contributed by atoms with Gasteiger partial charge in [-0.25, -0.2) is 4.98 Å². The van der Waals surface area contributed by atoms with E-state index in [0.717, 1.165) is 51.6 Å². The molecule has 0 aliphatic carbocycles. The number of nitrogens with one attached hydrogen (secondary N) is 2. The number of rotatable bonds is 10. The van der Waals surface area contributed by atoms with E-state index in [-0.39, 0.29) is 24.0 Å². The fourth-order valence-electron chi connectivity index (χ4n) is 1.98.